The molecule has 8 heteroatoms. The Hall–Kier alpha value is -4.25. The summed E-state index contributed by atoms with van der Waals surface area (Å²) >= 11 is 6.05. The summed E-state index contributed by atoms with van der Waals surface area (Å²) in [6.45, 7) is 0. The van der Waals surface area contributed by atoms with E-state index in [0.717, 1.165) is 10.9 Å². The van der Waals surface area contributed by atoms with Gasteiger partial charge in [0.15, 0.2) is 0 Å². The molecular formula is C27H22ClN5O2. The van der Waals surface area contributed by atoms with Crippen LogP contribution in [0.15, 0.2) is 90.2 Å². The second kappa shape index (κ2) is 10.3. The number of hydrogen-bond donors (Lipinski definition) is 1. The van der Waals surface area contributed by atoms with Crippen molar-refractivity contribution in [3.63, 3.8) is 0 Å². The van der Waals surface area contributed by atoms with Crippen molar-refractivity contribution in [1.29, 1.82) is 5.26 Å². The number of aromatic nitrogens is 4. The highest BCUT2D eigenvalue weighted by Crippen LogP contribution is 2.31. The topological polar surface area (TPSA) is 96.7 Å². The molecule has 0 amide bonds. The zero-order valence-electron chi connectivity index (χ0n) is 19.1. The maximum absolute atomic E-state index is 12.4. The molecule has 1 atom stereocenters. The van der Waals surface area contributed by atoms with E-state index < -0.39 is 6.10 Å². The van der Waals surface area contributed by atoms with Gasteiger partial charge in [-0.15, -0.1) is 0 Å². The summed E-state index contributed by atoms with van der Waals surface area (Å²) in [5.74, 6) is 0. The summed E-state index contributed by atoms with van der Waals surface area (Å²) < 4.78 is 3.45. The number of hydrogen-bond acceptors (Lipinski definition) is 5. The lowest BCUT2D eigenvalue weighted by Gasteiger charge is -2.15. The number of fused-ring (bicyclic) bond motifs is 1. The number of nitriles is 1. The monoisotopic (exact) mass is 483 g/mol. The van der Waals surface area contributed by atoms with Crippen LogP contribution in [0, 0.1) is 11.3 Å². The number of imidazole rings is 1. The van der Waals surface area contributed by atoms with Crippen LogP contribution in [0.3, 0.4) is 0 Å². The third kappa shape index (κ3) is 5.30. The molecule has 0 spiro atoms. The molecule has 0 aliphatic rings. The van der Waals surface area contributed by atoms with Crippen LogP contribution in [0.4, 0.5) is 0 Å². The number of aryl methyl sites for hydroxylation is 2. The van der Waals surface area contributed by atoms with Crippen LogP contribution in [0.25, 0.3) is 22.2 Å². The smallest absolute Gasteiger partial charge is 0.251 e. The second-order valence-electron chi connectivity index (χ2n) is 7.94. The van der Waals surface area contributed by atoms with Crippen LogP contribution in [0.5, 0.6) is 0 Å². The quantitative estimate of drug-likeness (QED) is 0.377. The molecule has 5 rings (SSSR count). The predicted molar refractivity (Wildman–Crippen MR) is 136 cm³/mol. The normalized spacial score (nSPS) is 11.4. The van der Waals surface area contributed by atoms with Crippen molar-refractivity contribution in [2.75, 3.05) is 0 Å². The number of nitrogens with zero attached hydrogens (tertiary/aromatic N) is 5. The molecule has 35 heavy (non-hydrogen) atoms. The third-order valence-electron chi connectivity index (χ3n) is 5.57. The van der Waals surface area contributed by atoms with E-state index in [4.69, 9.17) is 16.9 Å². The Morgan fingerprint density at radius 2 is 1.77 bits per heavy atom. The fraction of sp³-hybridized carbons (Fsp3) is 0.111. The molecule has 0 radical (unpaired) electrons. The van der Waals surface area contributed by atoms with Crippen molar-refractivity contribution in [2.24, 2.45) is 14.1 Å². The molecule has 3 aromatic heterocycles. The van der Waals surface area contributed by atoms with Crippen molar-refractivity contribution >= 4 is 22.5 Å². The van der Waals surface area contributed by atoms with Gasteiger partial charge in [-0.3, -0.25) is 4.79 Å². The van der Waals surface area contributed by atoms with Gasteiger partial charge in [0.05, 0.1) is 29.2 Å². The number of aliphatic hydroxyl groups is 1. The fourth-order valence-electron chi connectivity index (χ4n) is 3.68. The van der Waals surface area contributed by atoms with Crippen molar-refractivity contribution in [2.45, 2.75) is 6.10 Å². The second-order valence-corrected chi connectivity index (χ2v) is 8.33. The van der Waals surface area contributed by atoms with Gasteiger partial charge in [-0.05, 0) is 47.5 Å². The summed E-state index contributed by atoms with van der Waals surface area (Å²) in [7, 11) is 3.64. The SMILES string of the molecule is Cn1c(=O)cc(-c2cccc(Cl)n2)c2cc(C(O)c3ccc(C#N)cc3)ccc21.Cn1ccnc1. The average Bonchev–Trinajstić information content (AvgIpc) is 3.36. The molecule has 0 aliphatic heterocycles. The first-order valence-corrected chi connectivity index (χ1v) is 11.1. The molecule has 2 aromatic carbocycles. The van der Waals surface area contributed by atoms with Gasteiger partial charge in [-0.2, -0.15) is 5.26 Å². The summed E-state index contributed by atoms with van der Waals surface area (Å²) in [4.78, 5) is 20.6. The lowest BCUT2D eigenvalue weighted by atomic mass is 9.96. The van der Waals surface area contributed by atoms with Gasteiger partial charge in [0, 0.05) is 43.5 Å². The van der Waals surface area contributed by atoms with Gasteiger partial charge < -0.3 is 14.2 Å². The average molecular weight is 484 g/mol. The van der Waals surface area contributed by atoms with E-state index >= 15 is 0 Å². The number of aliphatic hydroxyl groups excluding tert-OH is 1. The standard InChI is InChI=1S/C23H16ClN3O2.C4H6N2/c1-27-20-10-9-16(23(29)15-7-5-14(13-25)6-8-15)11-18(20)17(12-22(27)28)19-3-2-4-21(24)26-19;1-6-3-2-5-4-6/h2-12,23,29H,1H3;2-4H,1H3. The number of halogens is 1. The summed E-state index contributed by atoms with van der Waals surface area (Å²) in [5, 5.41) is 20.9. The van der Waals surface area contributed by atoms with Crippen LogP contribution in [-0.4, -0.2) is 24.2 Å². The Kier molecular flexibility index (Phi) is 7.06. The minimum Gasteiger partial charge on any atom is -0.384 e. The molecule has 0 saturated carbocycles. The molecule has 0 bridgehead atoms. The lowest BCUT2D eigenvalue weighted by molar-refractivity contribution is 0.220. The molecule has 7 nitrogen and oxygen atoms in total. The maximum atomic E-state index is 12.4. The fourth-order valence-corrected chi connectivity index (χ4v) is 3.84. The van der Waals surface area contributed by atoms with Crippen LogP contribution in [0.2, 0.25) is 5.15 Å². The highest BCUT2D eigenvalue weighted by molar-refractivity contribution is 6.29. The Labute approximate surface area is 207 Å². The zero-order valence-corrected chi connectivity index (χ0v) is 19.9. The highest BCUT2D eigenvalue weighted by Gasteiger charge is 2.15. The molecule has 1 unspecified atom stereocenters. The molecule has 5 aromatic rings. The number of pyridine rings is 2. The molecule has 1 N–H and O–H groups in total. The van der Waals surface area contributed by atoms with E-state index in [1.54, 1.807) is 72.7 Å². The molecule has 0 fully saturated rings. The van der Waals surface area contributed by atoms with Crippen LogP contribution >= 0.6 is 11.6 Å². The summed E-state index contributed by atoms with van der Waals surface area (Å²) in [6, 6.07) is 21.1. The van der Waals surface area contributed by atoms with Gasteiger partial charge in [0.25, 0.3) is 5.56 Å². The lowest BCUT2D eigenvalue weighted by Crippen LogP contribution is -2.16. The highest BCUT2D eigenvalue weighted by atomic mass is 35.5. The third-order valence-corrected chi connectivity index (χ3v) is 5.78. The van der Waals surface area contributed by atoms with E-state index in [9.17, 15) is 9.90 Å². The van der Waals surface area contributed by atoms with Crippen LogP contribution in [-0.2, 0) is 14.1 Å². The van der Waals surface area contributed by atoms with E-state index in [0.29, 0.717) is 33.1 Å². The Bertz CT molecular complexity index is 1570. The summed E-state index contributed by atoms with van der Waals surface area (Å²) in [5.41, 5.74) is 3.69. The largest absolute Gasteiger partial charge is 0.384 e. The molecule has 0 aliphatic carbocycles. The van der Waals surface area contributed by atoms with Gasteiger partial charge in [-0.25, -0.2) is 9.97 Å². The van der Waals surface area contributed by atoms with Gasteiger partial charge >= 0.3 is 0 Å². The van der Waals surface area contributed by atoms with Crippen molar-refractivity contribution in [3.05, 3.63) is 118 Å². The van der Waals surface area contributed by atoms with Gasteiger partial charge in [-0.1, -0.05) is 35.9 Å². The first-order valence-electron chi connectivity index (χ1n) is 10.7. The Morgan fingerprint density at radius 1 is 1.03 bits per heavy atom. The number of rotatable bonds is 3. The van der Waals surface area contributed by atoms with E-state index in [-0.39, 0.29) is 5.56 Å². The first kappa shape index (κ1) is 23.9. The van der Waals surface area contributed by atoms with Crippen molar-refractivity contribution in [3.8, 4) is 17.3 Å². The van der Waals surface area contributed by atoms with Crippen LogP contribution in [0.1, 0.15) is 22.8 Å². The zero-order chi connectivity index (χ0) is 24.9. The number of benzene rings is 2. The molecular weight excluding hydrogens is 462 g/mol. The molecule has 3 heterocycles. The summed E-state index contributed by atoms with van der Waals surface area (Å²) in [6.07, 6.45) is 4.52. The maximum Gasteiger partial charge on any atom is 0.251 e. The minimum absolute atomic E-state index is 0.158. The Morgan fingerprint density at radius 3 is 2.37 bits per heavy atom. The predicted octanol–water partition coefficient (Wildman–Crippen LogP) is 4.63. The van der Waals surface area contributed by atoms with E-state index in [1.807, 2.05) is 29.9 Å². The van der Waals surface area contributed by atoms with Crippen molar-refractivity contribution < 1.29 is 5.11 Å². The van der Waals surface area contributed by atoms with Gasteiger partial charge in [0.1, 0.15) is 11.3 Å². The van der Waals surface area contributed by atoms with Gasteiger partial charge in [0.2, 0.25) is 0 Å². The van der Waals surface area contributed by atoms with Crippen molar-refractivity contribution in [1.82, 2.24) is 19.1 Å². The minimum atomic E-state index is -0.871. The van der Waals surface area contributed by atoms with E-state index in [1.165, 1.54) is 6.07 Å². The van der Waals surface area contributed by atoms with E-state index in [2.05, 4.69) is 16.0 Å². The van der Waals surface area contributed by atoms with Crippen LogP contribution < -0.4 is 5.56 Å². The molecule has 0 saturated heterocycles. The first-order chi connectivity index (χ1) is 16.9. The Balaban J connectivity index is 0.000000421. The molecule has 174 valence electrons.